The van der Waals surface area contributed by atoms with Crippen LogP contribution >= 0.6 is 0 Å². The maximum Gasteiger partial charge on any atom is 0.260 e. The second-order valence-corrected chi connectivity index (χ2v) is 3.99. The highest BCUT2D eigenvalue weighted by Crippen LogP contribution is 2.00. The third-order valence-electron chi connectivity index (χ3n) is 2.46. The average molecular weight is 236 g/mol. The van der Waals surface area contributed by atoms with E-state index in [0.717, 1.165) is 18.4 Å². The van der Waals surface area contributed by atoms with Gasteiger partial charge in [-0.05, 0) is 12.0 Å². The van der Waals surface area contributed by atoms with Crippen molar-refractivity contribution in [3.8, 4) is 0 Å². The van der Waals surface area contributed by atoms with E-state index in [9.17, 15) is 4.79 Å². The fourth-order valence-electron chi connectivity index (χ4n) is 1.40. The zero-order valence-electron chi connectivity index (χ0n) is 10.2. The van der Waals surface area contributed by atoms with E-state index in [2.05, 4.69) is 12.4 Å². The first kappa shape index (κ1) is 13.7. The van der Waals surface area contributed by atoms with Gasteiger partial charge in [0.05, 0.1) is 12.6 Å². The molecule has 0 unspecified atom stereocenters. The summed E-state index contributed by atoms with van der Waals surface area (Å²) < 4.78 is 0. The Hall–Kier alpha value is -1.39. The van der Waals surface area contributed by atoms with Crippen LogP contribution in [0.2, 0.25) is 0 Å². The Labute approximate surface area is 102 Å². The quantitative estimate of drug-likeness (QED) is 0.709. The predicted molar refractivity (Wildman–Crippen MR) is 66.9 cm³/mol. The van der Waals surface area contributed by atoms with Crippen LogP contribution in [0.25, 0.3) is 0 Å². The number of carbonyl (C=O) groups is 1. The van der Waals surface area contributed by atoms with E-state index in [1.54, 1.807) is 0 Å². The van der Waals surface area contributed by atoms with Crippen LogP contribution in [0.1, 0.15) is 31.7 Å². The molecule has 0 heterocycles. The number of carbonyl (C=O) groups excluding carboxylic acids is 1. The molecule has 17 heavy (non-hydrogen) atoms. The van der Waals surface area contributed by atoms with Crippen LogP contribution in [0.5, 0.6) is 0 Å². The van der Waals surface area contributed by atoms with Gasteiger partial charge < -0.3 is 5.73 Å². The van der Waals surface area contributed by atoms with Crippen molar-refractivity contribution in [2.24, 2.45) is 5.73 Å². The number of hydroxylamine groups is 1. The molecule has 4 nitrogen and oxygen atoms in total. The molecule has 0 spiro atoms. The van der Waals surface area contributed by atoms with E-state index >= 15 is 0 Å². The largest absolute Gasteiger partial charge is 0.320 e. The Bertz CT molecular complexity index is 327. The molecule has 0 radical (unpaired) electrons. The lowest BCUT2D eigenvalue weighted by Crippen LogP contribution is -2.40. The molecule has 1 aromatic carbocycles. The van der Waals surface area contributed by atoms with Gasteiger partial charge in [0, 0.05) is 0 Å². The molecule has 1 aromatic rings. The lowest BCUT2D eigenvalue weighted by Gasteiger charge is -2.11. The average Bonchev–Trinajstić information content (AvgIpc) is 2.37. The first-order valence-corrected chi connectivity index (χ1v) is 5.95. The SMILES string of the molecule is CCCC[C@H](N)C(=O)NOCc1ccccc1. The fourth-order valence-corrected chi connectivity index (χ4v) is 1.40. The molecule has 0 aliphatic carbocycles. The van der Waals surface area contributed by atoms with Crippen LogP contribution in [0.3, 0.4) is 0 Å². The number of unbranched alkanes of at least 4 members (excludes halogenated alkanes) is 1. The Balaban J connectivity index is 2.20. The first-order valence-electron chi connectivity index (χ1n) is 5.95. The van der Waals surface area contributed by atoms with E-state index in [-0.39, 0.29) is 5.91 Å². The van der Waals surface area contributed by atoms with Gasteiger partial charge in [-0.1, -0.05) is 50.1 Å². The minimum absolute atomic E-state index is 0.255. The van der Waals surface area contributed by atoms with Gasteiger partial charge in [0.15, 0.2) is 0 Å². The summed E-state index contributed by atoms with van der Waals surface area (Å²) in [5.41, 5.74) is 9.08. The summed E-state index contributed by atoms with van der Waals surface area (Å²) in [6.07, 6.45) is 2.68. The molecule has 4 heteroatoms. The number of benzene rings is 1. The van der Waals surface area contributed by atoms with E-state index < -0.39 is 6.04 Å². The van der Waals surface area contributed by atoms with Gasteiger partial charge in [-0.25, -0.2) is 5.48 Å². The summed E-state index contributed by atoms with van der Waals surface area (Å²) in [6, 6.07) is 9.17. The maximum atomic E-state index is 11.5. The predicted octanol–water partition coefficient (Wildman–Crippen LogP) is 1.75. The van der Waals surface area contributed by atoms with Crippen molar-refractivity contribution in [3.63, 3.8) is 0 Å². The van der Waals surface area contributed by atoms with E-state index in [4.69, 9.17) is 10.6 Å². The van der Waals surface area contributed by atoms with Crippen LogP contribution in [0, 0.1) is 0 Å². The second-order valence-electron chi connectivity index (χ2n) is 3.99. The fraction of sp³-hybridized carbons (Fsp3) is 0.462. The van der Waals surface area contributed by atoms with Gasteiger partial charge in [-0.15, -0.1) is 0 Å². The second kappa shape index (κ2) is 7.81. The molecule has 1 amide bonds. The molecule has 1 atom stereocenters. The lowest BCUT2D eigenvalue weighted by atomic mass is 10.1. The van der Waals surface area contributed by atoms with Crippen LogP contribution in [0.4, 0.5) is 0 Å². The molecule has 0 saturated heterocycles. The van der Waals surface area contributed by atoms with Crippen molar-refractivity contribution in [2.75, 3.05) is 0 Å². The van der Waals surface area contributed by atoms with Crippen LogP contribution in [-0.4, -0.2) is 11.9 Å². The highest BCUT2D eigenvalue weighted by atomic mass is 16.6. The summed E-state index contributed by atoms with van der Waals surface area (Å²) in [7, 11) is 0. The van der Waals surface area contributed by atoms with Gasteiger partial charge in [0.1, 0.15) is 0 Å². The summed E-state index contributed by atoms with van der Waals surface area (Å²) in [5, 5.41) is 0. The minimum Gasteiger partial charge on any atom is -0.320 e. The van der Waals surface area contributed by atoms with Gasteiger partial charge in [0.25, 0.3) is 5.91 Å². The summed E-state index contributed by atoms with van der Waals surface area (Å²) in [4.78, 5) is 16.6. The third-order valence-corrected chi connectivity index (χ3v) is 2.46. The first-order chi connectivity index (χ1) is 8.24. The monoisotopic (exact) mass is 236 g/mol. The standard InChI is InChI=1S/C13H20N2O2/c1-2-3-9-12(14)13(16)15-17-10-11-7-5-4-6-8-11/h4-8,12H,2-3,9-10,14H2,1H3,(H,15,16)/t12-/m0/s1. The number of nitrogens with one attached hydrogen (secondary N) is 1. The van der Waals surface area contributed by atoms with Gasteiger partial charge in [-0.3, -0.25) is 9.63 Å². The number of amides is 1. The van der Waals surface area contributed by atoms with E-state index in [0.29, 0.717) is 13.0 Å². The summed E-state index contributed by atoms with van der Waals surface area (Å²) in [6.45, 7) is 2.42. The molecular formula is C13H20N2O2. The maximum absolute atomic E-state index is 11.5. The van der Waals surface area contributed by atoms with E-state index in [1.165, 1.54) is 0 Å². The third kappa shape index (κ3) is 5.47. The molecular weight excluding hydrogens is 216 g/mol. The summed E-state index contributed by atoms with van der Waals surface area (Å²) >= 11 is 0. The van der Waals surface area contributed by atoms with Crippen molar-refractivity contribution in [2.45, 2.75) is 38.8 Å². The zero-order chi connectivity index (χ0) is 12.5. The Morgan fingerprint density at radius 2 is 2.12 bits per heavy atom. The Morgan fingerprint density at radius 1 is 1.41 bits per heavy atom. The van der Waals surface area contributed by atoms with Gasteiger partial charge >= 0.3 is 0 Å². The Kier molecular flexibility index (Phi) is 6.29. The van der Waals surface area contributed by atoms with Crippen LogP contribution < -0.4 is 11.2 Å². The van der Waals surface area contributed by atoms with Crippen LogP contribution in [-0.2, 0) is 16.2 Å². The minimum atomic E-state index is -0.481. The van der Waals surface area contributed by atoms with Crippen LogP contribution in [0.15, 0.2) is 30.3 Å². The molecule has 0 aliphatic heterocycles. The summed E-state index contributed by atoms with van der Waals surface area (Å²) in [5.74, 6) is -0.255. The lowest BCUT2D eigenvalue weighted by molar-refractivity contribution is -0.136. The number of nitrogens with two attached hydrogens (primary N) is 1. The molecule has 0 aliphatic rings. The normalized spacial score (nSPS) is 12.1. The highest BCUT2D eigenvalue weighted by Gasteiger charge is 2.12. The molecule has 94 valence electrons. The number of rotatable bonds is 7. The van der Waals surface area contributed by atoms with Crippen molar-refractivity contribution in [1.29, 1.82) is 0 Å². The zero-order valence-corrected chi connectivity index (χ0v) is 10.2. The molecule has 0 aromatic heterocycles. The highest BCUT2D eigenvalue weighted by molar-refractivity contribution is 5.80. The molecule has 0 bridgehead atoms. The Morgan fingerprint density at radius 3 is 2.76 bits per heavy atom. The van der Waals surface area contributed by atoms with Gasteiger partial charge in [-0.2, -0.15) is 0 Å². The number of hydrogen-bond acceptors (Lipinski definition) is 3. The smallest absolute Gasteiger partial charge is 0.260 e. The van der Waals surface area contributed by atoms with Crippen molar-refractivity contribution < 1.29 is 9.63 Å². The molecule has 0 saturated carbocycles. The van der Waals surface area contributed by atoms with E-state index in [1.807, 2.05) is 30.3 Å². The molecule has 3 N–H and O–H groups in total. The molecule has 1 rings (SSSR count). The van der Waals surface area contributed by atoms with Crippen molar-refractivity contribution in [1.82, 2.24) is 5.48 Å². The van der Waals surface area contributed by atoms with Crippen molar-refractivity contribution >= 4 is 5.91 Å². The topological polar surface area (TPSA) is 64.4 Å². The molecule has 0 fully saturated rings. The van der Waals surface area contributed by atoms with Crippen molar-refractivity contribution in [3.05, 3.63) is 35.9 Å². The van der Waals surface area contributed by atoms with Gasteiger partial charge in [0.2, 0.25) is 0 Å². The number of hydrogen-bond donors (Lipinski definition) is 2.